The molecule has 3 rings (SSSR count). The van der Waals surface area contributed by atoms with Gasteiger partial charge in [-0.05, 0) is 30.3 Å². The van der Waals surface area contributed by atoms with E-state index in [1.54, 1.807) is 12.1 Å². The molecule has 1 amide bonds. The maximum Gasteiger partial charge on any atom is 0.258 e. The maximum atomic E-state index is 12.9. The zero-order chi connectivity index (χ0) is 19.3. The summed E-state index contributed by atoms with van der Waals surface area (Å²) in [5.74, 6) is 0.264. The van der Waals surface area contributed by atoms with E-state index in [1.165, 1.54) is 28.8 Å². The summed E-state index contributed by atoms with van der Waals surface area (Å²) in [6, 6.07) is 7.72. The summed E-state index contributed by atoms with van der Waals surface area (Å²) in [6.45, 7) is 1.02. The van der Waals surface area contributed by atoms with Crippen molar-refractivity contribution in [1.82, 2.24) is 9.62 Å². The highest BCUT2D eigenvalue weighted by Gasteiger charge is 2.29. The fourth-order valence-electron chi connectivity index (χ4n) is 2.52. The van der Waals surface area contributed by atoms with Crippen LogP contribution < -0.4 is 10.1 Å². The highest BCUT2D eigenvalue weighted by Crippen LogP contribution is 2.30. The van der Waals surface area contributed by atoms with Crippen molar-refractivity contribution < 1.29 is 27.1 Å². The van der Waals surface area contributed by atoms with Gasteiger partial charge in [0, 0.05) is 18.1 Å². The van der Waals surface area contributed by atoms with Gasteiger partial charge >= 0.3 is 0 Å². The van der Waals surface area contributed by atoms with Crippen LogP contribution in [0.3, 0.4) is 0 Å². The van der Waals surface area contributed by atoms with E-state index >= 15 is 0 Å². The van der Waals surface area contributed by atoms with E-state index in [-0.39, 0.29) is 41.9 Å². The molecule has 1 aromatic carbocycles. The lowest BCUT2D eigenvalue weighted by Crippen LogP contribution is -2.40. The van der Waals surface area contributed by atoms with Crippen LogP contribution >= 0.6 is 11.6 Å². The molecule has 0 radical (unpaired) electrons. The normalized spacial score (nSPS) is 15.4. The number of hydrogen-bond donors (Lipinski definition) is 1. The third kappa shape index (κ3) is 5.01. The highest BCUT2D eigenvalue weighted by molar-refractivity contribution is 7.89. The van der Waals surface area contributed by atoms with Crippen LogP contribution in [0.2, 0.25) is 5.02 Å². The highest BCUT2D eigenvalue weighted by atomic mass is 35.5. The second-order valence-corrected chi connectivity index (χ2v) is 8.10. The fraction of sp³-hybridized carbons (Fsp3) is 0.353. The first-order chi connectivity index (χ1) is 13.0. The zero-order valence-corrected chi connectivity index (χ0v) is 16.0. The Morgan fingerprint density at radius 3 is 2.74 bits per heavy atom. The van der Waals surface area contributed by atoms with Gasteiger partial charge in [-0.1, -0.05) is 11.6 Å². The average molecular weight is 415 g/mol. The van der Waals surface area contributed by atoms with E-state index < -0.39 is 15.9 Å². The third-order valence-corrected chi connectivity index (χ3v) is 6.05. The Hall–Kier alpha value is -2.07. The third-order valence-electron chi connectivity index (χ3n) is 3.89. The van der Waals surface area contributed by atoms with Gasteiger partial charge in [0.2, 0.25) is 10.0 Å². The van der Waals surface area contributed by atoms with Gasteiger partial charge in [0.25, 0.3) is 5.91 Å². The number of hydrogen-bond acceptors (Lipinski definition) is 6. The molecule has 0 unspecified atom stereocenters. The van der Waals surface area contributed by atoms with Crippen molar-refractivity contribution in [3.8, 4) is 5.75 Å². The molecule has 2 aromatic rings. The minimum atomic E-state index is -3.81. The molecular weight excluding hydrogens is 396 g/mol. The number of furan rings is 1. The van der Waals surface area contributed by atoms with Crippen molar-refractivity contribution in [1.29, 1.82) is 0 Å². The number of amides is 1. The molecule has 0 spiro atoms. The monoisotopic (exact) mass is 414 g/mol. The SMILES string of the molecule is O=C(COc1ccc(Cl)cc1S(=O)(=O)N1CCOCC1)NCc1ccco1. The molecule has 27 heavy (non-hydrogen) atoms. The number of morpholine rings is 1. The minimum absolute atomic E-state index is 0.0686. The van der Waals surface area contributed by atoms with Crippen molar-refractivity contribution in [3.05, 3.63) is 47.4 Å². The summed E-state index contributed by atoms with van der Waals surface area (Å²) in [7, 11) is -3.81. The number of carbonyl (C=O) groups is 1. The quantitative estimate of drug-likeness (QED) is 0.739. The number of benzene rings is 1. The molecule has 0 atom stereocenters. The van der Waals surface area contributed by atoms with Gasteiger partial charge < -0.3 is 19.2 Å². The van der Waals surface area contributed by atoms with Crippen molar-refractivity contribution in [2.45, 2.75) is 11.4 Å². The first-order valence-corrected chi connectivity index (χ1v) is 10.1. The molecule has 1 aliphatic rings. The smallest absolute Gasteiger partial charge is 0.258 e. The molecule has 10 heteroatoms. The summed E-state index contributed by atoms with van der Waals surface area (Å²) in [5.41, 5.74) is 0. The second-order valence-electron chi connectivity index (χ2n) is 5.75. The molecule has 1 aliphatic heterocycles. The largest absolute Gasteiger partial charge is 0.482 e. The van der Waals surface area contributed by atoms with E-state index in [2.05, 4.69) is 5.32 Å². The first kappa shape index (κ1) is 19.7. The lowest BCUT2D eigenvalue weighted by atomic mass is 10.3. The second kappa shape index (κ2) is 8.75. The van der Waals surface area contributed by atoms with Crippen LogP contribution in [0.5, 0.6) is 5.75 Å². The van der Waals surface area contributed by atoms with Crippen LogP contribution in [0, 0.1) is 0 Å². The molecule has 1 N–H and O–H groups in total. The Kier molecular flexibility index (Phi) is 6.38. The molecule has 0 aliphatic carbocycles. The zero-order valence-electron chi connectivity index (χ0n) is 14.4. The molecule has 2 heterocycles. The Labute approximate surface area is 162 Å². The lowest BCUT2D eigenvalue weighted by molar-refractivity contribution is -0.123. The number of rotatable bonds is 7. The molecule has 1 aromatic heterocycles. The van der Waals surface area contributed by atoms with Crippen molar-refractivity contribution in [3.63, 3.8) is 0 Å². The molecule has 1 fully saturated rings. The van der Waals surface area contributed by atoms with Gasteiger partial charge in [-0.2, -0.15) is 4.31 Å². The number of ether oxygens (including phenoxy) is 2. The maximum absolute atomic E-state index is 12.9. The summed E-state index contributed by atoms with van der Waals surface area (Å²) < 4.78 is 42.9. The number of nitrogens with zero attached hydrogens (tertiary/aromatic N) is 1. The van der Waals surface area contributed by atoms with Crippen molar-refractivity contribution >= 4 is 27.5 Å². The average Bonchev–Trinajstić information content (AvgIpc) is 3.19. The molecule has 0 saturated carbocycles. The number of sulfonamides is 1. The minimum Gasteiger partial charge on any atom is -0.482 e. The first-order valence-electron chi connectivity index (χ1n) is 8.26. The Bertz CT molecular complexity index is 879. The summed E-state index contributed by atoms with van der Waals surface area (Å²) in [4.78, 5) is 11.9. The van der Waals surface area contributed by atoms with Crippen molar-refractivity contribution in [2.75, 3.05) is 32.9 Å². The van der Waals surface area contributed by atoms with E-state index in [0.29, 0.717) is 19.0 Å². The van der Waals surface area contributed by atoms with E-state index in [0.717, 1.165) is 0 Å². The molecule has 1 saturated heterocycles. The van der Waals surface area contributed by atoms with Gasteiger partial charge in [0.15, 0.2) is 6.61 Å². The fourth-order valence-corrected chi connectivity index (χ4v) is 4.32. The molecular formula is C17H19ClN2O6S. The molecule has 0 bridgehead atoms. The Morgan fingerprint density at radius 1 is 1.26 bits per heavy atom. The van der Waals surface area contributed by atoms with Gasteiger partial charge in [-0.15, -0.1) is 0 Å². The van der Waals surface area contributed by atoms with Crippen LogP contribution in [0.4, 0.5) is 0 Å². The van der Waals surface area contributed by atoms with Gasteiger partial charge in [0.1, 0.15) is 16.4 Å². The predicted octanol–water partition coefficient (Wildman–Crippen LogP) is 1.65. The van der Waals surface area contributed by atoms with Crippen LogP contribution in [0.1, 0.15) is 5.76 Å². The molecule has 146 valence electrons. The summed E-state index contributed by atoms with van der Waals surface area (Å²) in [5, 5.41) is 2.89. The van der Waals surface area contributed by atoms with E-state index in [9.17, 15) is 13.2 Å². The predicted molar refractivity (Wildman–Crippen MR) is 97.1 cm³/mol. The van der Waals surface area contributed by atoms with Gasteiger partial charge in [0.05, 0.1) is 26.0 Å². The topological polar surface area (TPSA) is 98.1 Å². The van der Waals surface area contributed by atoms with Crippen LogP contribution in [0.25, 0.3) is 0 Å². The van der Waals surface area contributed by atoms with Gasteiger partial charge in [-0.3, -0.25) is 4.79 Å². The van der Waals surface area contributed by atoms with Gasteiger partial charge in [-0.25, -0.2) is 8.42 Å². The molecule has 8 nitrogen and oxygen atoms in total. The number of carbonyl (C=O) groups excluding carboxylic acids is 1. The van der Waals surface area contributed by atoms with E-state index in [1.807, 2.05) is 0 Å². The van der Waals surface area contributed by atoms with E-state index in [4.69, 9.17) is 25.5 Å². The van der Waals surface area contributed by atoms with Crippen LogP contribution in [0.15, 0.2) is 45.9 Å². The van der Waals surface area contributed by atoms with Crippen molar-refractivity contribution in [2.24, 2.45) is 0 Å². The Morgan fingerprint density at radius 2 is 2.04 bits per heavy atom. The summed E-state index contributed by atoms with van der Waals surface area (Å²) >= 11 is 5.98. The standard InChI is InChI=1S/C17H19ClN2O6S/c18-13-3-4-15(26-12-17(21)19-11-14-2-1-7-25-14)16(10-13)27(22,23)20-5-8-24-9-6-20/h1-4,7,10H,5-6,8-9,11-12H2,(H,19,21). The number of halogens is 1. The Balaban J connectivity index is 1.69. The summed E-state index contributed by atoms with van der Waals surface area (Å²) in [6.07, 6.45) is 1.51. The van der Waals surface area contributed by atoms with Crippen LogP contribution in [-0.2, 0) is 26.1 Å². The lowest BCUT2D eigenvalue weighted by Gasteiger charge is -2.26. The van der Waals surface area contributed by atoms with Crippen LogP contribution in [-0.4, -0.2) is 51.5 Å². The number of nitrogens with one attached hydrogen (secondary N) is 1.